The molecule has 0 atom stereocenters. The van der Waals surface area contributed by atoms with Gasteiger partial charge in [0.1, 0.15) is 5.82 Å². The maximum atomic E-state index is 11.2. The fraction of sp³-hybridized carbons (Fsp3) is 0.0455. The highest BCUT2D eigenvalue weighted by Gasteiger charge is 2.15. The molecule has 0 unspecified atom stereocenters. The van der Waals surface area contributed by atoms with Crippen molar-refractivity contribution in [1.82, 2.24) is 15.0 Å². The van der Waals surface area contributed by atoms with E-state index < -0.39 is 0 Å². The molecule has 0 aliphatic heterocycles. The van der Waals surface area contributed by atoms with E-state index in [-0.39, 0.29) is 5.91 Å². The molecule has 1 amide bonds. The van der Waals surface area contributed by atoms with Crippen LogP contribution in [0.2, 0.25) is 0 Å². The molecule has 132 valence electrons. The van der Waals surface area contributed by atoms with Crippen LogP contribution in [0.4, 0.5) is 5.69 Å². The Balaban J connectivity index is 1.79. The van der Waals surface area contributed by atoms with E-state index in [0.29, 0.717) is 0 Å². The van der Waals surface area contributed by atoms with Gasteiger partial charge in [-0.15, -0.1) is 0 Å². The summed E-state index contributed by atoms with van der Waals surface area (Å²) in [6.45, 7) is 1.49. The zero-order valence-corrected chi connectivity index (χ0v) is 14.8. The van der Waals surface area contributed by atoms with Crippen molar-refractivity contribution in [1.29, 1.82) is 0 Å². The highest BCUT2D eigenvalue weighted by atomic mass is 16.1. The molecule has 4 aromatic rings. The largest absolute Gasteiger partial charge is 0.337 e. The van der Waals surface area contributed by atoms with Crippen LogP contribution in [0.25, 0.3) is 33.9 Å². The summed E-state index contributed by atoms with van der Waals surface area (Å²) >= 11 is 0. The van der Waals surface area contributed by atoms with E-state index in [9.17, 15) is 4.79 Å². The van der Waals surface area contributed by atoms with Gasteiger partial charge < -0.3 is 10.3 Å². The minimum absolute atomic E-state index is 0.0907. The lowest BCUT2D eigenvalue weighted by atomic mass is 10.1. The number of aromatic amines is 1. The van der Waals surface area contributed by atoms with Gasteiger partial charge in [-0.25, -0.2) is 4.98 Å². The van der Waals surface area contributed by atoms with Gasteiger partial charge in [0.2, 0.25) is 5.91 Å². The fourth-order valence-electron chi connectivity index (χ4n) is 2.96. The molecule has 0 bridgehead atoms. The summed E-state index contributed by atoms with van der Waals surface area (Å²) in [6.07, 6.45) is 3.54. The topological polar surface area (TPSA) is 70.7 Å². The average molecular weight is 354 g/mol. The number of amides is 1. The molecule has 0 aliphatic rings. The number of benzene rings is 2. The number of H-pyrrole nitrogens is 1. The molecule has 0 aliphatic carbocycles. The maximum Gasteiger partial charge on any atom is 0.221 e. The van der Waals surface area contributed by atoms with Gasteiger partial charge in [0.05, 0.1) is 11.4 Å². The van der Waals surface area contributed by atoms with Crippen LogP contribution in [0, 0.1) is 0 Å². The molecular weight excluding hydrogens is 336 g/mol. The second-order valence-corrected chi connectivity index (χ2v) is 6.17. The Hall–Kier alpha value is -3.73. The lowest BCUT2D eigenvalue weighted by Crippen LogP contribution is -2.05. The molecule has 2 aromatic heterocycles. The molecule has 2 N–H and O–H groups in total. The first-order valence-electron chi connectivity index (χ1n) is 8.64. The van der Waals surface area contributed by atoms with Crippen molar-refractivity contribution >= 4 is 11.6 Å². The van der Waals surface area contributed by atoms with E-state index in [1.807, 2.05) is 66.7 Å². The van der Waals surface area contributed by atoms with E-state index in [1.54, 1.807) is 12.4 Å². The van der Waals surface area contributed by atoms with E-state index in [1.165, 1.54) is 6.92 Å². The van der Waals surface area contributed by atoms with Crippen LogP contribution in [0.1, 0.15) is 6.92 Å². The van der Waals surface area contributed by atoms with Crippen LogP contribution in [-0.4, -0.2) is 20.9 Å². The first-order valence-corrected chi connectivity index (χ1v) is 8.64. The molecule has 4 rings (SSSR count). The smallest absolute Gasteiger partial charge is 0.221 e. The average Bonchev–Trinajstić information content (AvgIpc) is 3.15. The monoisotopic (exact) mass is 354 g/mol. The highest BCUT2D eigenvalue weighted by Crippen LogP contribution is 2.32. The number of pyridine rings is 1. The third-order valence-electron chi connectivity index (χ3n) is 4.20. The van der Waals surface area contributed by atoms with Crippen molar-refractivity contribution in [2.45, 2.75) is 6.92 Å². The van der Waals surface area contributed by atoms with Gasteiger partial charge in [-0.05, 0) is 36.4 Å². The Morgan fingerprint density at radius 3 is 2.22 bits per heavy atom. The summed E-state index contributed by atoms with van der Waals surface area (Å²) in [7, 11) is 0. The first-order chi connectivity index (χ1) is 13.2. The second kappa shape index (κ2) is 7.25. The molecule has 2 heterocycles. The second-order valence-electron chi connectivity index (χ2n) is 6.17. The lowest BCUT2D eigenvalue weighted by molar-refractivity contribution is -0.114. The number of carbonyl (C=O) groups excluding carboxylic acids is 1. The van der Waals surface area contributed by atoms with Crippen LogP contribution < -0.4 is 5.32 Å². The summed E-state index contributed by atoms with van der Waals surface area (Å²) in [5.41, 5.74) is 5.61. The number of nitrogens with zero attached hydrogens (tertiary/aromatic N) is 2. The molecule has 5 heteroatoms. The number of anilines is 1. The maximum absolute atomic E-state index is 11.2. The Kier molecular flexibility index (Phi) is 4.49. The van der Waals surface area contributed by atoms with Crippen molar-refractivity contribution in [3.05, 3.63) is 79.1 Å². The van der Waals surface area contributed by atoms with Gasteiger partial charge in [0.25, 0.3) is 0 Å². The van der Waals surface area contributed by atoms with E-state index >= 15 is 0 Å². The Bertz CT molecular complexity index is 998. The van der Waals surface area contributed by atoms with Crippen molar-refractivity contribution in [3.63, 3.8) is 0 Å². The fourth-order valence-corrected chi connectivity index (χ4v) is 2.96. The highest BCUT2D eigenvalue weighted by molar-refractivity contribution is 5.89. The molecule has 5 nitrogen and oxygen atoms in total. The number of aromatic nitrogens is 3. The Morgan fingerprint density at radius 1 is 0.852 bits per heavy atom. The van der Waals surface area contributed by atoms with Gasteiger partial charge in [-0.2, -0.15) is 0 Å². The summed E-state index contributed by atoms with van der Waals surface area (Å²) in [5, 5.41) is 2.78. The minimum atomic E-state index is -0.0907. The third-order valence-corrected chi connectivity index (χ3v) is 4.20. The first kappa shape index (κ1) is 16.7. The molecule has 0 fully saturated rings. The number of hydrogen-bond acceptors (Lipinski definition) is 3. The number of nitrogens with one attached hydrogen (secondary N) is 2. The van der Waals surface area contributed by atoms with Crippen LogP contribution in [0.5, 0.6) is 0 Å². The summed E-state index contributed by atoms with van der Waals surface area (Å²) in [6, 6.07) is 21.6. The van der Waals surface area contributed by atoms with Gasteiger partial charge >= 0.3 is 0 Å². The predicted molar refractivity (Wildman–Crippen MR) is 107 cm³/mol. The molecule has 0 saturated heterocycles. The van der Waals surface area contributed by atoms with E-state index in [4.69, 9.17) is 4.98 Å². The van der Waals surface area contributed by atoms with E-state index in [0.717, 1.165) is 39.6 Å². The number of rotatable bonds is 4. The SMILES string of the molecule is CC(=O)Nc1ccc(-c2nc(-c3ccccc3)c(-c3ccncc3)[nH]2)cc1. The van der Waals surface area contributed by atoms with Crippen LogP contribution in [0.3, 0.4) is 0 Å². The van der Waals surface area contributed by atoms with Crippen LogP contribution in [0.15, 0.2) is 79.1 Å². The molecular formula is C22H18N4O. The number of hydrogen-bond donors (Lipinski definition) is 2. The lowest BCUT2D eigenvalue weighted by Gasteiger charge is -2.03. The zero-order valence-electron chi connectivity index (χ0n) is 14.8. The Labute approximate surface area is 157 Å². The van der Waals surface area contributed by atoms with E-state index in [2.05, 4.69) is 15.3 Å². The van der Waals surface area contributed by atoms with Crippen molar-refractivity contribution in [3.8, 4) is 33.9 Å². The van der Waals surface area contributed by atoms with Gasteiger partial charge in [-0.3, -0.25) is 9.78 Å². The van der Waals surface area contributed by atoms with Crippen molar-refractivity contribution < 1.29 is 4.79 Å². The van der Waals surface area contributed by atoms with Gasteiger partial charge in [0, 0.05) is 41.7 Å². The number of carbonyl (C=O) groups is 1. The minimum Gasteiger partial charge on any atom is -0.337 e. The normalized spacial score (nSPS) is 10.6. The Morgan fingerprint density at radius 2 is 1.56 bits per heavy atom. The molecule has 2 aromatic carbocycles. The van der Waals surface area contributed by atoms with Crippen molar-refractivity contribution in [2.75, 3.05) is 5.32 Å². The number of imidazole rings is 1. The molecule has 0 radical (unpaired) electrons. The van der Waals surface area contributed by atoms with Gasteiger partial charge in [0.15, 0.2) is 0 Å². The summed E-state index contributed by atoms with van der Waals surface area (Å²) in [5.74, 6) is 0.683. The standard InChI is InChI=1S/C22H18N4O/c1-15(27)24-19-9-7-18(8-10-19)22-25-20(16-5-3-2-4-6-16)21(26-22)17-11-13-23-14-12-17/h2-14H,1H3,(H,24,27)(H,25,26). The quantitative estimate of drug-likeness (QED) is 0.555. The molecule has 0 saturated carbocycles. The van der Waals surface area contributed by atoms with Gasteiger partial charge in [-0.1, -0.05) is 30.3 Å². The summed E-state index contributed by atoms with van der Waals surface area (Å²) < 4.78 is 0. The summed E-state index contributed by atoms with van der Waals surface area (Å²) in [4.78, 5) is 23.6. The third kappa shape index (κ3) is 3.62. The van der Waals surface area contributed by atoms with Crippen LogP contribution in [-0.2, 0) is 4.79 Å². The molecule has 0 spiro atoms. The molecule has 27 heavy (non-hydrogen) atoms. The van der Waals surface area contributed by atoms with Crippen LogP contribution >= 0.6 is 0 Å². The van der Waals surface area contributed by atoms with Crippen molar-refractivity contribution in [2.24, 2.45) is 0 Å². The predicted octanol–water partition coefficient (Wildman–Crippen LogP) is 4.76. The zero-order chi connectivity index (χ0) is 18.6.